The number of urea groups is 1. The van der Waals surface area contributed by atoms with E-state index in [9.17, 15) is 33.2 Å². The molecule has 2 aromatic carbocycles. The molecule has 0 saturated carbocycles. The highest BCUT2D eigenvalue weighted by molar-refractivity contribution is 7.89. The molecular formula is C25H30N4O7S. The van der Waals surface area contributed by atoms with Crippen molar-refractivity contribution >= 4 is 27.7 Å². The molecule has 1 heterocycles. The van der Waals surface area contributed by atoms with E-state index in [0.29, 0.717) is 0 Å². The Kier molecular flexibility index (Phi) is 8.66. The number of rotatable bonds is 11. The van der Waals surface area contributed by atoms with Crippen LogP contribution >= 0.6 is 0 Å². The number of carboxylic acid groups (broad SMARTS) is 1. The fourth-order valence-electron chi connectivity index (χ4n) is 4.32. The van der Waals surface area contributed by atoms with Crippen LogP contribution in [0, 0.1) is 10.1 Å². The molecule has 1 atom stereocenters. The van der Waals surface area contributed by atoms with Gasteiger partial charge in [-0.3, -0.25) is 10.1 Å². The SMILES string of the molecule is CCCc1ccc(S(=O)(=O)N(C)CCCN2C(=O)NC(C)=C(C(=O)O)C2c2cccc([N+](=O)[O-])c2)cc1. The van der Waals surface area contributed by atoms with E-state index < -0.39 is 33.0 Å². The van der Waals surface area contributed by atoms with Gasteiger partial charge in [0.2, 0.25) is 10.0 Å². The van der Waals surface area contributed by atoms with Crippen molar-refractivity contribution < 1.29 is 28.0 Å². The Morgan fingerprint density at radius 3 is 2.49 bits per heavy atom. The van der Waals surface area contributed by atoms with Gasteiger partial charge < -0.3 is 15.3 Å². The number of hydrogen-bond acceptors (Lipinski definition) is 6. The number of sulfonamides is 1. The number of aryl methyl sites for hydroxylation is 1. The van der Waals surface area contributed by atoms with Crippen LogP contribution in [0.1, 0.15) is 43.9 Å². The molecule has 2 amide bonds. The van der Waals surface area contributed by atoms with Crippen molar-refractivity contribution in [1.29, 1.82) is 0 Å². The van der Waals surface area contributed by atoms with Gasteiger partial charge in [0.05, 0.1) is 21.4 Å². The number of carbonyl (C=O) groups excluding carboxylic acids is 1. The van der Waals surface area contributed by atoms with Gasteiger partial charge in [-0.25, -0.2) is 22.3 Å². The molecule has 1 unspecified atom stereocenters. The summed E-state index contributed by atoms with van der Waals surface area (Å²) in [5.74, 6) is -1.27. The van der Waals surface area contributed by atoms with Crippen molar-refractivity contribution in [2.75, 3.05) is 20.1 Å². The zero-order valence-electron chi connectivity index (χ0n) is 20.9. The minimum Gasteiger partial charge on any atom is -0.478 e. The smallest absolute Gasteiger partial charge is 0.335 e. The van der Waals surface area contributed by atoms with Crippen molar-refractivity contribution in [3.05, 3.63) is 81.0 Å². The van der Waals surface area contributed by atoms with Crippen LogP contribution in [-0.2, 0) is 21.2 Å². The molecule has 1 aliphatic rings. The summed E-state index contributed by atoms with van der Waals surface area (Å²) in [5.41, 5.74) is 1.10. The lowest BCUT2D eigenvalue weighted by atomic mass is 9.93. The summed E-state index contributed by atoms with van der Waals surface area (Å²) >= 11 is 0. The van der Waals surface area contributed by atoms with E-state index in [1.54, 1.807) is 24.3 Å². The molecule has 3 rings (SSSR count). The minimum atomic E-state index is -3.77. The van der Waals surface area contributed by atoms with Crippen molar-refractivity contribution in [2.45, 2.75) is 44.0 Å². The molecule has 0 bridgehead atoms. The van der Waals surface area contributed by atoms with Crippen LogP contribution in [0.25, 0.3) is 0 Å². The summed E-state index contributed by atoms with van der Waals surface area (Å²) in [6, 6.07) is 10.5. The first-order chi connectivity index (χ1) is 17.5. The molecule has 198 valence electrons. The number of allylic oxidation sites excluding steroid dienone is 1. The maximum Gasteiger partial charge on any atom is 0.335 e. The predicted octanol–water partition coefficient (Wildman–Crippen LogP) is 3.68. The number of nitrogens with one attached hydrogen (secondary N) is 1. The van der Waals surface area contributed by atoms with Crippen LogP contribution in [-0.4, -0.2) is 59.8 Å². The maximum atomic E-state index is 13.0. The van der Waals surface area contributed by atoms with E-state index in [2.05, 4.69) is 5.32 Å². The van der Waals surface area contributed by atoms with E-state index in [1.165, 1.54) is 47.4 Å². The summed E-state index contributed by atoms with van der Waals surface area (Å²) in [4.78, 5) is 37.1. The molecule has 0 aliphatic carbocycles. The lowest BCUT2D eigenvalue weighted by Gasteiger charge is -2.37. The van der Waals surface area contributed by atoms with E-state index in [4.69, 9.17) is 0 Å². The molecule has 1 aliphatic heterocycles. The van der Waals surface area contributed by atoms with Crippen LogP contribution < -0.4 is 5.32 Å². The van der Waals surface area contributed by atoms with E-state index in [0.717, 1.165) is 18.4 Å². The highest BCUT2D eigenvalue weighted by atomic mass is 32.2. The lowest BCUT2D eigenvalue weighted by molar-refractivity contribution is -0.384. The molecule has 12 heteroatoms. The highest BCUT2D eigenvalue weighted by Gasteiger charge is 2.38. The molecule has 2 N–H and O–H groups in total. The van der Waals surface area contributed by atoms with Crippen molar-refractivity contribution in [1.82, 2.24) is 14.5 Å². The third kappa shape index (κ3) is 6.15. The second kappa shape index (κ2) is 11.5. The Balaban J connectivity index is 1.82. The Morgan fingerprint density at radius 2 is 1.89 bits per heavy atom. The number of nitro benzene ring substituents is 1. The second-order valence-electron chi connectivity index (χ2n) is 8.80. The van der Waals surface area contributed by atoms with Crippen LogP contribution in [0.2, 0.25) is 0 Å². The summed E-state index contributed by atoms with van der Waals surface area (Å²) in [5, 5.41) is 23.7. The highest BCUT2D eigenvalue weighted by Crippen LogP contribution is 2.35. The Hall–Kier alpha value is -3.77. The molecule has 11 nitrogen and oxygen atoms in total. The standard InChI is InChI=1S/C25H30N4O7S/c1-4-7-18-10-12-21(13-11-18)37(35,36)27(3)14-6-15-28-23(19-8-5-9-20(16-19)29(33)34)22(24(30)31)17(2)26-25(28)32/h5,8-13,16,23H,4,6-7,14-15H2,1-3H3,(H,26,32)(H,30,31). The largest absolute Gasteiger partial charge is 0.478 e. The zero-order valence-corrected chi connectivity index (χ0v) is 21.7. The lowest BCUT2D eigenvalue weighted by Crippen LogP contribution is -2.49. The monoisotopic (exact) mass is 530 g/mol. The molecule has 2 aromatic rings. The van der Waals surface area contributed by atoms with Gasteiger partial charge in [-0.15, -0.1) is 0 Å². The number of benzene rings is 2. The Labute approximate surface area is 215 Å². The normalized spacial score (nSPS) is 16.2. The van der Waals surface area contributed by atoms with Crippen LogP contribution in [0.15, 0.2) is 64.7 Å². The van der Waals surface area contributed by atoms with Gasteiger partial charge in [0.25, 0.3) is 5.69 Å². The number of amides is 2. The van der Waals surface area contributed by atoms with Gasteiger partial charge in [-0.1, -0.05) is 37.6 Å². The molecule has 0 fully saturated rings. The van der Waals surface area contributed by atoms with E-state index in [-0.39, 0.29) is 46.9 Å². The Bertz CT molecular complexity index is 1320. The third-order valence-electron chi connectivity index (χ3n) is 6.21. The average Bonchev–Trinajstić information content (AvgIpc) is 2.85. The van der Waals surface area contributed by atoms with Crippen molar-refractivity contribution in [3.8, 4) is 0 Å². The third-order valence-corrected chi connectivity index (χ3v) is 8.08. The predicted molar refractivity (Wildman–Crippen MR) is 136 cm³/mol. The summed E-state index contributed by atoms with van der Waals surface area (Å²) in [6.07, 6.45) is 2.01. The van der Waals surface area contributed by atoms with Gasteiger partial charge in [-0.05, 0) is 43.0 Å². The van der Waals surface area contributed by atoms with Gasteiger partial charge in [0, 0.05) is 38.0 Å². The maximum absolute atomic E-state index is 13.0. The fourth-order valence-corrected chi connectivity index (χ4v) is 5.53. The fraction of sp³-hybridized carbons (Fsp3) is 0.360. The molecule has 0 saturated heterocycles. The number of nitro groups is 1. The molecule has 0 aromatic heterocycles. The van der Waals surface area contributed by atoms with Crippen LogP contribution in [0.5, 0.6) is 0 Å². The van der Waals surface area contributed by atoms with Crippen LogP contribution in [0.4, 0.5) is 10.5 Å². The first-order valence-electron chi connectivity index (χ1n) is 11.8. The minimum absolute atomic E-state index is 0.0125. The number of nitrogens with zero attached hydrogens (tertiary/aromatic N) is 3. The van der Waals surface area contributed by atoms with E-state index >= 15 is 0 Å². The second-order valence-corrected chi connectivity index (χ2v) is 10.8. The zero-order chi connectivity index (χ0) is 27.3. The van der Waals surface area contributed by atoms with Crippen molar-refractivity contribution in [3.63, 3.8) is 0 Å². The summed E-state index contributed by atoms with van der Waals surface area (Å²) in [6.45, 7) is 3.57. The molecular weight excluding hydrogens is 500 g/mol. The van der Waals surface area contributed by atoms with Gasteiger partial charge in [0.1, 0.15) is 0 Å². The van der Waals surface area contributed by atoms with E-state index in [1.807, 2.05) is 6.92 Å². The van der Waals surface area contributed by atoms with Crippen molar-refractivity contribution in [2.24, 2.45) is 0 Å². The van der Waals surface area contributed by atoms with Crippen LogP contribution in [0.3, 0.4) is 0 Å². The number of non-ortho nitro benzene ring substituents is 1. The molecule has 37 heavy (non-hydrogen) atoms. The number of aliphatic carboxylic acids is 1. The van der Waals surface area contributed by atoms with Gasteiger partial charge in [-0.2, -0.15) is 0 Å². The molecule has 0 radical (unpaired) electrons. The van der Waals surface area contributed by atoms with Gasteiger partial charge in [0.15, 0.2) is 0 Å². The number of carboxylic acids is 1. The Morgan fingerprint density at radius 1 is 1.22 bits per heavy atom. The quantitative estimate of drug-likeness (QED) is 0.332. The first-order valence-corrected chi connectivity index (χ1v) is 13.2. The molecule has 0 spiro atoms. The topological polar surface area (TPSA) is 150 Å². The van der Waals surface area contributed by atoms with Gasteiger partial charge >= 0.3 is 12.0 Å². The summed E-state index contributed by atoms with van der Waals surface area (Å²) in [7, 11) is -2.32. The summed E-state index contributed by atoms with van der Waals surface area (Å²) < 4.78 is 27.2. The first kappa shape index (κ1) is 27.8. The number of carbonyl (C=O) groups is 2. The number of hydrogen-bond donors (Lipinski definition) is 2. The average molecular weight is 531 g/mol.